The van der Waals surface area contributed by atoms with Crippen LogP contribution in [0.3, 0.4) is 0 Å². The molecule has 0 radical (unpaired) electrons. The summed E-state index contributed by atoms with van der Waals surface area (Å²) < 4.78 is 26.2. The van der Waals surface area contributed by atoms with Gasteiger partial charge in [0.1, 0.15) is 6.61 Å². The lowest BCUT2D eigenvalue weighted by atomic mass is 10.0. The molecule has 8 nitrogen and oxygen atoms in total. The van der Waals surface area contributed by atoms with Crippen LogP contribution in [0.2, 0.25) is 0 Å². The van der Waals surface area contributed by atoms with Gasteiger partial charge >= 0.3 is 19.8 Å². The van der Waals surface area contributed by atoms with Gasteiger partial charge in [-0.05, 0) is 12.8 Å². The Morgan fingerprint density at radius 3 is 1.19 bits per heavy atom. The molecule has 0 saturated carbocycles. The van der Waals surface area contributed by atoms with Crippen LogP contribution in [0.15, 0.2) is 0 Å². The van der Waals surface area contributed by atoms with Gasteiger partial charge in [-0.15, -0.1) is 0 Å². The van der Waals surface area contributed by atoms with Gasteiger partial charge in [0.2, 0.25) is 0 Å². The minimum Gasteiger partial charge on any atom is -0.462 e. The molecule has 0 rings (SSSR count). The maximum Gasteiger partial charge on any atom is 0.469 e. The Balaban J connectivity index is 3.94. The van der Waals surface area contributed by atoms with Gasteiger partial charge in [0.25, 0.3) is 0 Å². The van der Waals surface area contributed by atoms with Crippen LogP contribution < -0.4 is 0 Å². The van der Waals surface area contributed by atoms with Crippen LogP contribution in [0, 0.1) is 0 Å². The number of hydrogen-bond acceptors (Lipinski definition) is 6. The van der Waals surface area contributed by atoms with Crippen molar-refractivity contribution >= 4 is 19.8 Å². The number of hydrogen-bond donors (Lipinski definition) is 2. The third-order valence-corrected chi connectivity index (χ3v) is 8.36. The highest BCUT2D eigenvalue weighted by Gasteiger charge is 2.22. The Kier molecular flexibility index (Phi) is 30.4. The summed E-state index contributed by atoms with van der Waals surface area (Å²) in [6.45, 7) is 3.67. The standard InChI is InChI=1S/C34H67O8P/c1-3-5-7-9-11-13-15-16-17-19-20-22-24-26-28-33(35)40-30-32(31-41-43(37,38)39)42-34(36)29-27-25-23-21-18-14-12-10-8-6-4-2/h32H,3-31H2,1-2H3,(H2,37,38,39)/t32-/m1/s1. The van der Waals surface area contributed by atoms with Crippen LogP contribution in [0.4, 0.5) is 0 Å². The first kappa shape index (κ1) is 42.0. The molecule has 0 unspecified atom stereocenters. The lowest BCUT2D eigenvalue weighted by molar-refractivity contribution is -0.161. The molecule has 0 spiro atoms. The van der Waals surface area contributed by atoms with Gasteiger partial charge in [0.15, 0.2) is 6.10 Å². The summed E-state index contributed by atoms with van der Waals surface area (Å²) in [7, 11) is -4.74. The molecule has 0 aromatic carbocycles. The lowest BCUT2D eigenvalue weighted by Gasteiger charge is -2.18. The van der Waals surface area contributed by atoms with Gasteiger partial charge in [0, 0.05) is 12.8 Å². The molecule has 256 valence electrons. The van der Waals surface area contributed by atoms with Gasteiger partial charge in [-0.2, -0.15) is 0 Å². The number of ether oxygens (including phenoxy) is 2. The number of carbonyl (C=O) groups is 2. The fraction of sp³-hybridized carbons (Fsp3) is 0.941. The van der Waals surface area contributed by atoms with Crippen molar-refractivity contribution in [3.63, 3.8) is 0 Å². The van der Waals surface area contributed by atoms with Crippen molar-refractivity contribution in [2.24, 2.45) is 0 Å². The van der Waals surface area contributed by atoms with Crippen LogP contribution in [0.5, 0.6) is 0 Å². The number of esters is 2. The summed E-state index contributed by atoms with van der Waals surface area (Å²) in [5.74, 6) is -0.875. The molecule has 0 fully saturated rings. The van der Waals surface area contributed by atoms with E-state index in [-0.39, 0.29) is 19.4 Å². The molecule has 43 heavy (non-hydrogen) atoms. The van der Waals surface area contributed by atoms with Gasteiger partial charge in [-0.1, -0.05) is 162 Å². The average Bonchev–Trinajstić information content (AvgIpc) is 2.97. The monoisotopic (exact) mass is 634 g/mol. The average molecular weight is 635 g/mol. The second kappa shape index (κ2) is 31.0. The second-order valence-corrected chi connectivity index (χ2v) is 13.5. The zero-order valence-corrected chi connectivity index (χ0v) is 28.8. The van der Waals surface area contributed by atoms with Crippen molar-refractivity contribution in [2.75, 3.05) is 13.2 Å². The Morgan fingerprint density at radius 1 is 0.512 bits per heavy atom. The minimum atomic E-state index is -4.74. The van der Waals surface area contributed by atoms with Crippen molar-refractivity contribution in [1.82, 2.24) is 0 Å². The van der Waals surface area contributed by atoms with Crippen LogP contribution in [0.1, 0.15) is 187 Å². The molecule has 0 amide bonds. The van der Waals surface area contributed by atoms with Gasteiger partial charge in [-0.25, -0.2) is 4.57 Å². The first-order valence-corrected chi connectivity index (χ1v) is 19.4. The first-order valence-electron chi connectivity index (χ1n) is 17.8. The summed E-state index contributed by atoms with van der Waals surface area (Å²) in [6.07, 6.45) is 29.7. The largest absolute Gasteiger partial charge is 0.469 e. The Morgan fingerprint density at radius 2 is 0.837 bits per heavy atom. The first-order chi connectivity index (χ1) is 20.8. The summed E-state index contributed by atoms with van der Waals surface area (Å²) in [5.41, 5.74) is 0. The van der Waals surface area contributed by atoms with E-state index < -0.39 is 32.5 Å². The Bertz CT molecular complexity index is 681. The van der Waals surface area contributed by atoms with E-state index in [0.717, 1.165) is 38.5 Å². The van der Waals surface area contributed by atoms with Crippen molar-refractivity contribution in [3.8, 4) is 0 Å². The van der Waals surface area contributed by atoms with Gasteiger partial charge in [0.05, 0.1) is 6.61 Å². The van der Waals surface area contributed by atoms with E-state index in [0.29, 0.717) is 6.42 Å². The van der Waals surface area contributed by atoms with Crippen molar-refractivity contribution in [3.05, 3.63) is 0 Å². The topological polar surface area (TPSA) is 119 Å². The van der Waals surface area contributed by atoms with E-state index in [4.69, 9.17) is 19.3 Å². The summed E-state index contributed by atoms with van der Waals surface area (Å²) in [4.78, 5) is 42.5. The highest BCUT2D eigenvalue weighted by Crippen LogP contribution is 2.36. The molecule has 0 heterocycles. The number of unbranched alkanes of at least 4 members (excludes halogenated alkanes) is 23. The van der Waals surface area contributed by atoms with Crippen LogP contribution >= 0.6 is 7.82 Å². The highest BCUT2D eigenvalue weighted by atomic mass is 31.2. The van der Waals surface area contributed by atoms with E-state index in [1.54, 1.807) is 0 Å². The molecular formula is C34H67O8P. The summed E-state index contributed by atoms with van der Waals surface area (Å²) in [5, 5.41) is 0. The maximum atomic E-state index is 12.3. The molecule has 0 aliphatic heterocycles. The molecule has 0 saturated heterocycles. The number of rotatable bonds is 33. The lowest BCUT2D eigenvalue weighted by Crippen LogP contribution is -2.29. The van der Waals surface area contributed by atoms with Crippen LogP contribution in [-0.4, -0.2) is 41.0 Å². The molecule has 0 aliphatic carbocycles. The smallest absolute Gasteiger partial charge is 0.462 e. The quantitative estimate of drug-likeness (QED) is 0.0416. The number of carbonyl (C=O) groups excluding carboxylic acids is 2. The molecule has 0 bridgehead atoms. The zero-order valence-electron chi connectivity index (χ0n) is 27.9. The number of phosphoric acid groups is 1. The molecular weight excluding hydrogens is 567 g/mol. The second-order valence-electron chi connectivity index (χ2n) is 12.2. The van der Waals surface area contributed by atoms with E-state index >= 15 is 0 Å². The van der Waals surface area contributed by atoms with E-state index in [9.17, 15) is 14.2 Å². The summed E-state index contributed by atoms with van der Waals surface area (Å²) in [6, 6.07) is 0. The van der Waals surface area contributed by atoms with Crippen molar-refractivity contribution in [1.29, 1.82) is 0 Å². The highest BCUT2D eigenvalue weighted by molar-refractivity contribution is 7.46. The minimum absolute atomic E-state index is 0.219. The molecule has 0 aliphatic rings. The third kappa shape index (κ3) is 33.8. The Labute approximate surface area is 264 Å². The molecule has 2 N–H and O–H groups in total. The van der Waals surface area contributed by atoms with Crippen LogP contribution in [-0.2, 0) is 28.2 Å². The maximum absolute atomic E-state index is 12.3. The third-order valence-electron chi connectivity index (χ3n) is 7.88. The predicted molar refractivity (Wildman–Crippen MR) is 175 cm³/mol. The van der Waals surface area contributed by atoms with Crippen LogP contribution in [0.25, 0.3) is 0 Å². The SMILES string of the molecule is CCCCCCCCCCCCCCCCC(=O)OC[C@H](COP(=O)(O)O)OC(=O)CCCCCCCCCCCCC. The fourth-order valence-electron chi connectivity index (χ4n) is 5.20. The van der Waals surface area contributed by atoms with Gasteiger partial charge < -0.3 is 19.3 Å². The van der Waals surface area contributed by atoms with Gasteiger partial charge in [-0.3, -0.25) is 14.1 Å². The Hall–Kier alpha value is -0.950. The fourth-order valence-corrected chi connectivity index (χ4v) is 5.56. The predicted octanol–water partition coefficient (Wildman–Crippen LogP) is 10.1. The van der Waals surface area contributed by atoms with E-state index in [1.165, 1.54) is 116 Å². The normalized spacial score (nSPS) is 12.4. The number of phosphoric ester groups is 1. The van der Waals surface area contributed by atoms with Crippen molar-refractivity contribution < 1.29 is 37.9 Å². The van der Waals surface area contributed by atoms with E-state index in [1.807, 2.05) is 0 Å². The molecule has 1 atom stereocenters. The van der Waals surface area contributed by atoms with Crippen molar-refractivity contribution in [2.45, 2.75) is 193 Å². The molecule has 0 aromatic rings. The molecule has 9 heteroatoms. The van der Waals surface area contributed by atoms with E-state index in [2.05, 4.69) is 18.4 Å². The zero-order chi connectivity index (χ0) is 31.9. The molecule has 0 aromatic heterocycles. The summed E-state index contributed by atoms with van der Waals surface area (Å²) >= 11 is 0.